The molecule has 0 radical (unpaired) electrons. The summed E-state index contributed by atoms with van der Waals surface area (Å²) in [6.45, 7) is 0. The Hall–Kier alpha value is -4.45. The summed E-state index contributed by atoms with van der Waals surface area (Å²) in [6.07, 6.45) is 3.18. The van der Waals surface area contributed by atoms with Crippen LogP contribution in [-0.4, -0.2) is 20.9 Å². The van der Waals surface area contributed by atoms with Gasteiger partial charge in [0.2, 0.25) is 5.88 Å². The van der Waals surface area contributed by atoms with Gasteiger partial charge in [0.15, 0.2) is 0 Å². The van der Waals surface area contributed by atoms with Crippen molar-refractivity contribution in [3.8, 4) is 22.7 Å². The van der Waals surface area contributed by atoms with Crippen molar-refractivity contribution < 1.29 is 5.11 Å². The number of H-pyrrole nitrogens is 1. The number of nitrogens with zero attached hydrogens (tertiary/aromatic N) is 2. The van der Waals surface area contributed by atoms with Crippen molar-refractivity contribution in [1.82, 2.24) is 9.55 Å². The number of aromatic hydroxyl groups is 1. The molecule has 0 fully saturated rings. The normalized spacial score (nSPS) is 13.5. The van der Waals surface area contributed by atoms with Gasteiger partial charge in [-0.2, -0.15) is 0 Å². The second-order valence-electron chi connectivity index (χ2n) is 7.09. The molecule has 0 aliphatic carbocycles. The highest BCUT2D eigenvalue weighted by Crippen LogP contribution is 2.33. The van der Waals surface area contributed by atoms with E-state index in [4.69, 9.17) is 0 Å². The molecule has 0 unspecified atom stereocenters. The number of allylic oxidation sites excluding steroid dienone is 1. The first-order chi connectivity index (χ1) is 15.1. The lowest BCUT2D eigenvalue weighted by atomic mass is 10.0. The molecule has 3 aromatic carbocycles. The summed E-state index contributed by atoms with van der Waals surface area (Å²) in [4.78, 5) is 32.0. The lowest BCUT2D eigenvalue weighted by Crippen LogP contribution is -2.30. The maximum atomic E-state index is 12.7. The van der Waals surface area contributed by atoms with Gasteiger partial charge in [0.25, 0.3) is 5.56 Å². The topological polar surface area (TPSA) is 87.5 Å². The van der Waals surface area contributed by atoms with Gasteiger partial charge in [0, 0.05) is 22.9 Å². The van der Waals surface area contributed by atoms with E-state index in [-0.39, 0.29) is 5.56 Å². The van der Waals surface area contributed by atoms with E-state index in [0.29, 0.717) is 11.3 Å². The second kappa shape index (κ2) is 7.42. The molecule has 4 aromatic rings. The molecule has 0 amide bonds. The highest BCUT2D eigenvalue weighted by atomic mass is 16.3. The monoisotopic (exact) mass is 407 g/mol. The maximum Gasteiger partial charge on any atom is 0.335 e. The fraction of sp³-hybridized carbons (Fsp3) is 0. The standard InChI is InChI=1S/C25H17N3O3/c29-23-20(14-17-15-26-21-12-6-4-10-18(17)21)24(30)28(25(31)27-23)22-13-7-5-11-19(22)16-8-2-1-3-9-16/h1-15,30H,(H,27,29,31)/b17-14+. The van der Waals surface area contributed by atoms with Crippen molar-refractivity contribution in [2.75, 3.05) is 0 Å². The number of fused-ring (bicyclic) bond motifs is 1. The zero-order valence-electron chi connectivity index (χ0n) is 16.3. The number of rotatable bonds is 3. The van der Waals surface area contributed by atoms with Crippen LogP contribution in [-0.2, 0) is 0 Å². The highest BCUT2D eigenvalue weighted by molar-refractivity contribution is 6.21. The van der Waals surface area contributed by atoms with E-state index >= 15 is 0 Å². The summed E-state index contributed by atoms with van der Waals surface area (Å²) >= 11 is 0. The van der Waals surface area contributed by atoms with E-state index in [1.54, 1.807) is 24.4 Å². The number of hydrogen-bond donors (Lipinski definition) is 2. The summed E-state index contributed by atoms with van der Waals surface area (Å²) in [7, 11) is 0. The van der Waals surface area contributed by atoms with Gasteiger partial charge >= 0.3 is 5.69 Å². The summed E-state index contributed by atoms with van der Waals surface area (Å²) in [5.41, 5.74) is 3.02. The van der Waals surface area contributed by atoms with Crippen LogP contribution in [0.3, 0.4) is 0 Å². The molecule has 1 aliphatic heterocycles. The van der Waals surface area contributed by atoms with Gasteiger partial charge in [0.1, 0.15) is 5.56 Å². The molecule has 6 heteroatoms. The average molecular weight is 407 g/mol. The van der Waals surface area contributed by atoms with Crippen LogP contribution in [0.15, 0.2) is 93.4 Å². The lowest BCUT2D eigenvalue weighted by molar-refractivity contribution is 0.430. The minimum absolute atomic E-state index is 0.0133. The molecular weight excluding hydrogens is 390 g/mol. The molecule has 1 aromatic heterocycles. The third-order valence-corrected chi connectivity index (χ3v) is 5.21. The second-order valence-corrected chi connectivity index (χ2v) is 7.09. The van der Waals surface area contributed by atoms with E-state index in [2.05, 4.69) is 9.98 Å². The molecule has 150 valence electrons. The fourth-order valence-corrected chi connectivity index (χ4v) is 3.73. The van der Waals surface area contributed by atoms with Crippen molar-refractivity contribution in [2.45, 2.75) is 0 Å². The molecule has 1 aliphatic rings. The van der Waals surface area contributed by atoms with Crippen molar-refractivity contribution in [1.29, 1.82) is 0 Å². The van der Waals surface area contributed by atoms with Gasteiger partial charge in [-0.1, -0.05) is 66.7 Å². The van der Waals surface area contributed by atoms with Gasteiger partial charge in [-0.25, -0.2) is 9.36 Å². The van der Waals surface area contributed by atoms with E-state index in [0.717, 1.165) is 26.9 Å². The first kappa shape index (κ1) is 18.6. The number of hydrogen-bond acceptors (Lipinski definition) is 4. The van der Waals surface area contributed by atoms with Crippen LogP contribution < -0.4 is 11.2 Å². The molecule has 5 rings (SSSR count). The van der Waals surface area contributed by atoms with E-state index in [9.17, 15) is 14.7 Å². The Morgan fingerprint density at radius 1 is 0.839 bits per heavy atom. The Bertz CT molecular complexity index is 1480. The first-order valence-corrected chi connectivity index (χ1v) is 9.72. The molecule has 2 heterocycles. The largest absolute Gasteiger partial charge is 0.494 e. The molecule has 0 atom stereocenters. The average Bonchev–Trinajstić information content (AvgIpc) is 3.20. The van der Waals surface area contributed by atoms with Crippen LogP contribution >= 0.6 is 0 Å². The zero-order valence-corrected chi connectivity index (χ0v) is 16.3. The highest BCUT2D eigenvalue weighted by Gasteiger charge is 2.19. The van der Waals surface area contributed by atoms with Gasteiger partial charge in [0.05, 0.1) is 11.4 Å². The molecule has 0 saturated carbocycles. The van der Waals surface area contributed by atoms with Crippen molar-refractivity contribution >= 4 is 23.6 Å². The lowest BCUT2D eigenvalue weighted by Gasteiger charge is -2.14. The number of nitrogens with one attached hydrogen (secondary N) is 1. The molecule has 0 saturated heterocycles. The minimum Gasteiger partial charge on any atom is -0.494 e. The Labute approximate surface area is 177 Å². The van der Waals surface area contributed by atoms with Gasteiger partial charge in [-0.3, -0.25) is 14.8 Å². The Morgan fingerprint density at radius 3 is 2.32 bits per heavy atom. The van der Waals surface area contributed by atoms with Crippen molar-refractivity contribution in [3.05, 3.63) is 111 Å². The summed E-state index contributed by atoms with van der Waals surface area (Å²) in [5, 5.41) is 11.0. The smallest absolute Gasteiger partial charge is 0.335 e. The fourth-order valence-electron chi connectivity index (χ4n) is 3.73. The summed E-state index contributed by atoms with van der Waals surface area (Å²) < 4.78 is 1.12. The molecular formula is C25H17N3O3. The number of aromatic amines is 1. The maximum absolute atomic E-state index is 12.7. The SMILES string of the molecule is O=c1[nH]c(=O)n(-c2ccccc2-c2ccccc2)c(O)c1/C=C1\C=Nc2ccccc21. The third-order valence-electron chi connectivity index (χ3n) is 5.21. The number of para-hydroxylation sites is 2. The Balaban J connectivity index is 1.73. The van der Waals surface area contributed by atoms with Crippen LogP contribution in [0.1, 0.15) is 11.1 Å². The summed E-state index contributed by atoms with van der Waals surface area (Å²) in [6, 6.07) is 24.3. The molecule has 6 nitrogen and oxygen atoms in total. The van der Waals surface area contributed by atoms with Crippen molar-refractivity contribution in [3.63, 3.8) is 0 Å². The minimum atomic E-state index is -0.714. The van der Waals surface area contributed by atoms with Crippen LogP contribution in [0.4, 0.5) is 5.69 Å². The zero-order chi connectivity index (χ0) is 21.4. The van der Waals surface area contributed by atoms with E-state index in [1.165, 1.54) is 0 Å². The van der Waals surface area contributed by atoms with E-state index in [1.807, 2.05) is 66.7 Å². The van der Waals surface area contributed by atoms with Crippen LogP contribution in [0.2, 0.25) is 0 Å². The van der Waals surface area contributed by atoms with Crippen molar-refractivity contribution in [2.24, 2.45) is 4.99 Å². The number of aromatic nitrogens is 2. The van der Waals surface area contributed by atoms with Crippen LogP contribution in [0, 0.1) is 0 Å². The van der Waals surface area contributed by atoms with E-state index < -0.39 is 17.1 Å². The van der Waals surface area contributed by atoms with Crippen LogP contribution in [0.25, 0.3) is 28.5 Å². The first-order valence-electron chi connectivity index (χ1n) is 9.72. The summed E-state index contributed by atoms with van der Waals surface area (Å²) in [5.74, 6) is -0.428. The number of aliphatic imine (C=N–C) groups is 1. The molecule has 2 N–H and O–H groups in total. The predicted octanol–water partition coefficient (Wildman–Crippen LogP) is 4.15. The van der Waals surface area contributed by atoms with Gasteiger partial charge < -0.3 is 5.11 Å². The molecule has 31 heavy (non-hydrogen) atoms. The third kappa shape index (κ3) is 3.20. The van der Waals surface area contributed by atoms with Crippen LogP contribution in [0.5, 0.6) is 5.88 Å². The number of benzene rings is 3. The Kier molecular flexibility index (Phi) is 4.45. The molecule has 0 bridgehead atoms. The Morgan fingerprint density at radius 2 is 1.52 bits per heavy atom. The van der Waals surface area contributed by atoms with Gasteiger partial charge in [-0.05, 0) is 23.8 Å². The molecule has 0 spiro atoms. The predicted molar refractivity (Wildman–Crippen MR) is 122 cm³/mol. The quantitative estimate of drug-likeness (QED) is 0.535. The van der Waals surface area contributed by atoms with Gasteiger partial charge in [-0.15, -0.1) is 0 Å².